The van der Waals surface area contributed by atoms with E-state index in [1.807, 2.05) is 0 Å². The maximum atomic E-state index is 12.3. The van der Waals surface area contributed by atoms with Crippen LogP contribution in [0.4, 0.5) is 8.78 Å². The average molecular weight is 210 g/mol. The smallest absolute Gasteiger partial charge is 0.399 e. The lowest BCUT2D eigenvalue weighted by Gasteiger charge is -2.29. The lowest BCUT2D eigenvalue weighted by Crippen LogP contribution is -2.34. The fourth-order valence-electron chi connectivity index (χ4n) is 1.07. The molecule has 0 bridgehead atoms. The molecule has 0 aliphatic heterocycles. The molecule has 0 amide bonds. The van der Waals surface area contributed by atoms with Crippen molar-refractivity contribution in [1.82, 2.24) is 0 Å². The standard InChI is InChI=1S/C8H10ClF2NO/c1-7(13-8(9,10)11)4-2-6(12)3-5-7/h2-4H,5,12H2,1H3. The van der Waals surface area contributed by atoms with Gasteiger partial charge in [0.05, 0.1) is 5.60 Å². The van der Waals surface area contributed by atoms with Gasteiger partial charge in [-0.2, -0.15) is 8.78 Å². The number of hydrogen-bond acceptors (Lipinski definition) is 2. The van der Waals surface area contributed by atoms with E-state index < -0.39 is 11.2 Å². The van der Waals surface area contributed by atoms with Gasteiger partial charge in [0, 0.05) is 12.1 Å². The van der Waals surface area contributed by atoms with Crippen LogP contribution in [-0.2, 0) is 4.74 Å². The molecule has 0 fully saturated rings. The Hall–Kier alpha value is -0.610. The molecule has 0 saturated heterocycles. The Kier molecular flexibility index (Phi) is 2.63. The number of alkyl halides is 3. The molecule has 5 heteroatoms. The van der Waals surface area contributed by atoms with E-state index in [-0.39, 0.29) is 6.42 Å². The maximum absolute atomic E-state index is 12.3. The second kappa shape index (κ2) is 3.27. The molecule has 0 aromatic rings. The van der Waals surface area contributed by atoms with E-state index in [2.05, 4.69) is 16.3 Å². The van der Waals surface area contributed by atoms with E-state index in [0.29, 0.717) is 5.70 Å². The van der Waals surface area contributed by atoms with E-state index in [4.69, 9.17) is 5.73 Å². The highest BCUT2D eigenvalue weighted by Gasteiger charge is 2.37. The Morgan fingerprint density at radius 3 is 2.69 bits per heavy atom. The van der Waals surface area contributed by atoms with Gasteiger partial charge in [-0.1, -0.05) is 12.2 Å². The lowest BCUT2D eigenvalue weighted by atomic mass is 9.96. The molecule has 1 rings (SSSR count). The van der Waals surface area contributed by atoms with Crippen LogP contribution in [0.5, 0.6) is 0 Å². The van der Waals surface area contributed by atoms with E-state index >= 15 is 0 Å². The van der Waals surface area contributed by atoms with Crippen molar-refractivity contribution < 1.29 is 13.5 Å². The molecule has 0 spiro atoms. The SMILES string of the molecule is CC1(OC(F)(F)Cl)C=CC(N)=CC1. The largest absolute Gasteiger partial charge is 0.441 e. The van der Waals surface area contributed by atoms with Crippen molar-refractivity contribution in [3.63, 3.8) is 0 Å². The molecular weight excluding hydrogens is 200 g/mol. The molecule has 2 N–H and O–H groups in total. The Morgan fingerprint density at radius 1 is 1.69 bits per heavy atom. The van der Waals surface area contributed by atoms with E-state index in [1.165, 1.54) is 19.1 Å². The molecule has 0 aromatic heterocycles. The highest BCUT2D eigenvalue weighted by atomic mass is 35.5. The molecule has 1 atom stereocenters. The van der Waals surface area contributed by atoms with Gasteiger partial charge in [-0.05, 0) is 24.6 Å². The first kappa shape index (κ1) is 10.5. The van der Waals surface area contributed by atoms with Crippen molar-refractivity contribution in [2.24, 2.45) is 5.73 Å². The summed E-state index contributed by atoms with van der Waals surface area (Å²) < 4.78 is 29.0. The van der Waals surface area contributed by atoms with Gasteiger partial charge >= 0.3 is 5.57 Å². The zero-order valence-corrected chi connectivity index (χ0v) is 7.81. The zero-order valence-electron chi connectivity index (χ0n) is 7.06. The lowest BCUT2D eigenvalue weighted by molar-refractivity contribution is -0.220. The number of allylic oxidation sites excluding steroid dienone is 1. The fraction of sp³-hybridized carbons (Fsp3) is 0.500. The van der Waals surface area contributed by atoms with Crippen LogP contribution in [0.3, 0.4) is 0 Å². The van der Waals surface area contributed by atoms with Gasteiger partial charge in [0.15, 0.2) is 0 Å². The van der Waals surface area contributed by atoms with Crippen LogP contribution in [-0.4, -0.2) is 11.2 Å². The van der Waals surface area contributed by atoms with Crippen molar-refractivity contribution in [1.29, 1.82) is 0 Å². The van der Waals surface area contributed by atoms with Crippen molar-refractivity contribution in [2.75, 3.05) is 0 Å². The molecule has 1 aliphatic carbocycles. The third-order valence-electron chi connectivity index (χ3n) is 1.72. The van der Waals surface area contributed by atoms with Crippen molar-refractivity contribution in [2.45, 2.75) is 24.5 Å². The third-order valence-corrected chi connectivity index (χ3v) is 1.80. The van der Waals surface area contributed by atoms with Gasteiger partial charge < -0.3 is 5.73 Å². The molecule has 0 radical (unpaired) electrons. The number of rotatable bonds is 2. The summed E-state index contributed by atoms with van der Waals surface area (Å²) in [5.41, 5.74) is 1.24. The number of nitrogens with two attached hydrogens (primary N) is 1. The minimum Gasteiger partial charge on any atom is -0.399 e. The first-order valence-electron chi connectivity index (χ1n) is 3.73. The van der Waals surface area contributed by atoms with Crippen LogP contribution < -0.4 is 5.73 Å². The van der Waals surface area contributed by atoms with E-state index in [1.54, 1.807) is 6.08 Å². The van der Waals surface area contributed by atoms with Gasteiger partial charge in [0.25, 0.3) is 0 Å². The molecule has 0 saturated carbocycles. The Balaban J connectivity index is 2.66. The summed E-state index contributed by atoms with van der Waals surface area (Å²) in [6.45, 7) is 1.52. The van der Waals surface area contributed by atoms with Crippen molar-refractivity contribution in [3.05, 3.63) is 23.9 Å². The quantitative estimate of drug-likeness (QED) is 0.709. The molecule has 0 aromatic carbocycles. The van der Waals surface area contributed by atoms with Crippen LogP contribution in [0, 0.1) is 0 Å². The molecular formula is C8H10ClF2NO. The van der Waals surface area contributed by atoms with E-state index in [0.717, 1.165) is 0 Å². The summed E-state index contributed by atoms with van der Waals surface area (Å²) in [7, 11) is 0. The van der Waals surface area contributed by atoms with Gasteiger partial charge in [-0.15, -0.1) is 0 Å². The number of halogens is 3. The monoisotopic (exact) mass is 209 g/mol. The molecule has 1 unspecified atom stereocenters. The second-order valence-corrected chi connectivity index (χ2v) is 3.54. The number of hydrogen-bond donors (Lipinski definition) is 1. The predicted molar refractivity (Wildman–Crippen MR) is 46.3 cm³/mol. The van der Waals surface area contributed by atoms with Crippen molar-refractivity contribution in [3.8, 4) is 0 Å². The summed E-state index contributed by atoms with van der Waals surface area (Å²) in [5.74, 6) is 0. The van der Waals surface area contributed by atoms with Crippen LogP contribution in [0.1, 0.15) is 13.3 Å². The van der Waals surface area contributed by atoms with Gasteiger partial charge in [-0.3, -0.25) is 4.74 Å². The summed E-state index contributed by atoms with van der Waals surface area (Å²) in [6.07, 6.45) is 4.89. The predicted octanol–water partition coefficient (Wildman–Crippen LogP) is 2.35. The van der Waals surface area contributed by atoms with Gasteiger partial charge in [-0.25, -0.2) is 0 Å². The van der Waals surface area contributed by atoms with E-state index in [9.17, 15) is 8.78 Å². The first-order chi connectivity index (χ1) is 5.81. The van der Waals surface area contributed by atoms with Crippen LogP contribution in [0.2, 0.25) is 0 Å². The Bertz CT molecular complexity index is 259. The molecule has 74 valence electrons. The highest BCUT2D eigenvalue weighted by molar-refractivity contribution is 6.20. The van der Waals surface area contributed by atoms with Crippen LogP contribution in [0.25, 0.3) is 0 Å². The third kappa shape index (κ3) is 3.32. The van der Waals surface area contributed by atoms with Crippen LogP contribution in [0.15, 0.2) is 23.9 Å². The summed E-state index contributed by atoms with van der Waals surface area (Å²) in [6, 6.07) is 0. The molecule has 13 heavy (non-hydrogen) atoms. The molecule has 1 aliphatic rings. The van der Waals surface area contributed by atoms with Crippen molar-refractivity contribution >= 4 is 11.6 Å². The minimum absolute atomic E-state index is 0.289. The van der Waals surface area contributed by atoms with Gasteiger partial charge in [0.2, 0.25) is 0 Å². The highest BCUT2D eigenvalue weighted by Crippen LogP contribution is 2.32. The average Bonchev–Trinajstić information content (AvgIpc) is 1.92. The normalized spacial score (nSPS) is 28.8. The fourth-order valence-corrected chi connectivity index (χ4v) is 1.25. The summed E-state index contributed by atoms with van der Waals surface area (Å²) in [5, 5.41) is 0. The topological polar surface area (TPSA) is 35.2 Å². The Labute approximate surface area is 80.0 Å². The molecule has 2 nitrogen and oxygen atoms in total. The summed E-state index contributed by atoms with van der Waals surface area (Å²) in [4.78, 5) is 0. The zero-order chi connectivity index (χ0) is 10.1. The minimum atomic E-state index is -3.64. The first-order valence-corrected chi connectivity index (χ1v) is 4.10. The summed E-state index contributed by atoms with van der Waals surface area (Å²) >= 11 is 4.65. The van der Waals surface area contributed by atoms with Crippen LogP contribution >= 0.6 is 11.6 Å². The van der Waals surface area contributed by atoms with Gasteiger partial charge in [0.1, 0.15) is 0 Å². The maximum Gasteiger partial charge on any atom is 0.441 e. The Morgan fingerprint density at radius 2 is 2.31 bits per heavy atom. The number of ether oxygens (including phenoxy) is 1. The molecule has 0 heterocycles. The second-order valence-electron chi connectivity index (χ2n) is 3.10.